The SMILES string of the molecule is Cn1c(C2CCN(S(=O)(=O)c3ccc(C(F)(F)F)cc3)C2)nc2ccncc21. The Labute approximate surface area is 159 Å². The lowest BCUT2D eigenvalue weighted by Gasteiger charge is -2.17. The molecule has 2 aromatic heterocycles. The van der Waals surface area contributed by atoms with Crippen molar-refractivity contribution in [3.63, 3.8) is 0 Å². The smallest absolute Gasteiger partial charge is 0.330 e. The van der Waals surface area contributed by atoms with Crippen molar-refractivity contribution < 1.29 is 21.6 Å². The Kier molecular flexibility index (Phi) is 4.42. The molecule has 0 saturated carbocycles. The fourth-order valence-corrected chi connectivity index (χ4v) is 5.04. The number of hydrogen-bond donors (Lipinski definition) is 0. The minimum absolute atomic E-state index is 0.0957. The molecule has 0 radical (unpaired) electrons. The van der Waals surface area contributed by atoms with Gasteiger partial charge in [-0.3, -0.25) is 4.98 Å². The Hall–Kier alpha value is -2.46. The van der Waals surface area contributed by atoms with E-state index in [1.54, 1.807) is 18.5 Å². The highest BCUT2D eigenvalue weighted by Crippen LogP contribution is 2.33. The molecule has 1 aromatic carbocycles. The van der Waals surface area contributed by atoms with E-state index in [4.69, 9.17) is 0 Å². The van der Waals surface area contributed by atoms with Gasteiger partial charge in [0.1, 0.15) is 5.82 Å². The largest absolute Gasteiger partial charge is 0.416 e. The number of rotatable bonds is 3. The Balaban J connectivity index is 1.58. The summed E-state index contributed by atoms with van der Waals surface area (Å²) in [7, 11) is -2.01. The monoisotopic (exact) mass is 410 g/mol. The first-order chi connectivity index (χ1) is 13.2. The van der Waals surface area contributed by atoms with Crippen LogP contribution in [0.25, 0.3) is 11.0 Å². The minimum Gasteiger partial charge on any atom is -0.330 e. The standard InChI is InChI=1S/C18H17F3N4O2S/c1-24-16-10-22-8-6-15(16)23-17(24)12-7-9-25(11-12)28(26,27)14-4-2-13(3-5-14)18(19,20)21/h2-6,8,10,12H,7,9,11H2,1H3. The van der Waals surface area contributed by atoms with Crippen LogP contribution in [0.1, 0.15) is 23.7 Å². The number of fused-ring (bicyclic) bond motifs is 1. The van der Waals surface area contributed by atoms with E-state index in [2.05, 4.69) is 9.97 Å². The zero-order valence-corrected chi connectivity index (χ0v) is 15.7. The number of halogens is 3. The lowest BCUT2D eigenvalue weighted by Crippen LogP contribution is -2.29. The van der Waals surface area contributed by atoms with E-state index in [0.29, 0.717) is 6.42 Å². The van der Waals surface area contributed by atoms with Crippen LogP contribution in [0.3, 0.4) is 0 Å². The second kappa shape index (κ2) is 6.56. The molecule has 0 N–H and O–H groups in total. The highest BCUT2D eigenvalue weighted by Gasteiger charge is 2.36. The van der Waals surface area contributed by atoms with E-state index in [-0.39, 0.29) is 23.9 Å². The summed E-state index contributed by atoms with van der Waals surface area (Å²) in [5.74, 6) is 0.676. The van der Waals surface area contributed by atoms with Crippen LogP contribution in [0, 0.1) is 0 Å². The average Bonchev–Trinajstić information content (AvgIpc) is 3.27. The highest BCUT2D eigenvalue weighted by molar-refractivity contribution is 7.89. The van der Waals surface area contributed by atoms with E-state index in [1.165, 1.54) is 4.31 Å². The van der Waals surface area contributed by atoms with Crippen LogP contribution in [0.4, 0.5) is 13.2 Å². The molecular formula is C18H17F3N4O2S. The first-order valence-corrected chi connectivity index (χ1v) is 10.1. The number of aryl methyl sites for hydroxylation is 1. The molecule has 0 spiro atoms. The van der Waals surface area contributed by atoms with E-state index in [1.807, 2.05) is 11.6 Å². The molecule has 4 rings (SSSR count). The van der Waals surface area contributed by atoms with Crippen molar-refractivity contribution in [1.29, 1.82) is 0 Å². The molecule has 10 heteroatoms. The van der Waals surface area contributed by atoms with Crippen LogP contribution in [0.15, 0.2) is 47.6 Å². The van der Waals surface area contributed by atoms with Crippen molar-refractivity contribution in [2.75, 3.05) is 13.1 Å². The first kappa shape index (κ1) is 18.9. The lowest BCUT2D eigenvalue weighted by atomic mass is 10.1. The lowest BCUT2D eigenvalue weighted by molar-refractivity contribution is -0.137. The van der Waals surface area contributed by atoms with Gasteiger partial charge in [-0.2, -0.15) is 17.5 Å². The molecule has 0 aliphatic carbocycles. The van der Waals surface area contributed by atoms with Crippen LogP contribution in [0.2, 0.25) is 0 Å². The molecule has 1 unspecified atom stereocenters. The summed E-state index contributed by atoms with van der Waals surface area (Å²) in [4.78, 5) is 8.54. The molecule has 148 valence electrons. The van der Waals surface area contributed by atoms with Crippen LogP contribution in [-0.4, -0.2) is 40.3 Å². The van der Waals surface area contributed by atoms with E-state index in [9.17, 15) is 21.6 Å². The van der Waals surface area contributed by atoms with Gasteiger partial charge in [0.2, 0.25) is 10.0 Å². The highest BCUT2D eigenvalue weighted by atomic mass is 32.2. The van der Waals surface area contributed by atoms with Crippen molar-refractivity contribution in [2.45, 2.75) is 23.4 Å². The van der Waals surface area contributed by atoms with Crippen LogP contribution in [-0.2, 0) is 23.2 Å². The van der Waals surface area contributed by atoms with Gasteiger partial charge in [-0.25, -0.2) is 13.4 Å². The summed E-state index contributed by atoms with van der Waals surface area (Å²) in [6.07, 6.45) is -0.562. The number of hydrogen-bond acceptors (Lipinski definition) is 4. The number of aromatic nitrogens is 3. The van der Waals surface area contributed by atoms with Gasteiger partial charge in [0.15, 0.2) is 0 Å². The molecule has 1 aliphatic heterocycles. The summed E-state index contributed by atoms with van der Waals surface area (Å²) in [6.45, 7) is 0.517. The molecule has 6 nitrogen and oxygen atoms in total. The second-order valence-corrected chi connectivity index (χ2v) is 8.70. The molecule has 1 saturated heterocycles. The Morgan fingerprint density at radius 3 is 2.50 bits per heavy atom. The Morgan fingerprint density at radius 1 is 1.14 bits per heavy atom. The molecule has 3 aromatic rings. The summed E-state index contributed by atoms with van der Waals surface area (Å²) >= 11 is 0. The fourth-order valence-electron chi connectivity index (χ4n) is 3.54. The quantitative estimate of drug-likeness (QED) is 0.665. The molecule has 28 heavy (non-hydrogen) atoms. The van der Waals surface area contributed by atoms with Gasteiger partial charge in [-0.1, -0.05) is 0 Å². The number of benzene rings is 1. The molecule has 0 bridgehead atoms. The fraction of sp³-hybridized carbons (Fsp3) is 0.333. The molecule has 3 heterocycles. The third-order valence-electron chi connectivity index (χ3n) is 5.05. The molecule has 1 aliphatic rings. The third kappa shape index (κ3) is 3.16. The predicted octanol–water partition coefficient (Wildman–Crippen LogP) is 3.17. The third-order valence-corrected chi connectivity index (χ3v) is 6.93. The van der Waals surface area contributed by atoms with Crippen molar-refractivity contribution >= 4 is 21.1 Å². The van der Waals surface area contributed by atoms with Gasteiger partial charge >= 0.3 is 6.18 Å². The van der Waals surface area contributed by atoms with Crippen LogP contribution >= 0.6 is 0 Å². The number of imidazole rings is 1. The normalized spacial score (nSPS) is 18.8. The summed E-state index contributed by atoms with van der Waals surface area (Å²) in [5.41, 5.74) is 0.775. The van der Waals surface area contributed by atoms with Gasteiger partial charge < -0.3 is 4.57 Å². The second-order valence-electron chi connectivity index (χ2n) is 6.76. The average molecular weight is 410 g/mol. The van der Waals surface area contributed by atoms with Crippen molar-refractivity contribution in [2.24, 2.45) is 7.05 Å². The zero-order valence-electron chi connectivity index (χ0n) is 14.9. The van der Waals surface area contributed by atoms with Gasteiger partial charge in [-0.15, -0.1) is 0 Å². The van der Waals surface area contributed by atoms with Gasteiger partial charge in [-0.05, 0) is 36.8 Å². The first-order valence-electron chi connectivity index (χ1n) is 8.61. The van der Waals surface area contributed by atoms with E-state index in [0.717, 1.165) is 41.1 Å². The van der Waals surface area contributed by atoms with Gasteiger partial charge in [0.05, 0.1) is 27.7 Å². The molecule has 1 fully saturated rings. The van der Waals surface area contributed by atoms with Gasteiger partial charge in [0.25, 0.3) is 0 Å². The maximum atomic E-state index is 12.8. The van der Waals surface area contributed by atoms with E-state index < -0.39 is 21.8 Å². The van der Waals surface area contributed by atoms with Gasteiger partial charge in [0, 0.05) is 32.3 Å². The maximum Gasteiger partial charge on any atom is 0.416 e. The molecular weight excluding hydrogens is 393 g/mol. The van der Waals surface area contributed by atoms with Crippen LogP contribution < -0.4 is 0 Å². The van der Waals surface area contributed by atoms with Crippen LogP contribution in [0.5, 0.6) is 0 Å². The van der Waals surface area contributed by atoms with Crippen molar-refractivity contribution in [3.8, 4) is 0 Å². The van der Waals surface area contributed by atoms with E-state index >= 15 is 0 Å². The maximum absolute atomic E-state index is 12.8. The minimum atomic E-state index is -4.50. The predicted molar refractivity (Wildman–Crippen MR) is 96.1 cm³/mol. The Bertz CT molecular complexity index is 1120. The van der Waals surface area contributed by atoms with Crippen molar-refractivity contribution in [3.05, 3.63) is 54.1 Å². The van der Waals surface area contributed by atoms with Crippen molar-refractivity contribution in [1.82, 2.24) is 18.8 Å². The number of alkyl halides is 3. The summed E-state index contributed by atoms with van der Waals surface area (Å²) in [5, 5.41) is 0. The number of sulfonamides is 1. The topological polar surface area (TPSA) is 68.1 Å². The Morgan fingerprint density at radius 2 is 1.86 bits per heavy atom. The summed E-state index contributed by atoms with van der Waals surface area (Å²) in [6, 6.07) is 5.39. The number of nitrogens with zero attached hydrogens (tertiary/aromatic N) is 4. The molecule has 0 amide bonds. The zero-order chi connectivity index (χ0) is 20.1. The molecule has 1 atom stereocenters. The number of pyridine rings is 1. The summed E-state index contributed by atoms with van der Waals surface area (Å²) < 4.78 is 67.0.